The van der Waals surface area contributed by atoms with E-state index in [9.17, 15) is 4.79 Å². The summed E-state index contributed by atoms with van der Waals surface area (Å²) in [6.45, 7) is 0.580. The number of carbonyl (C=O) groups is 1. The molecule has 1 rings (SSSR count). The lowest BCUT2D eigenvalue weighted by Gasteiger charge is -2.01. The van der Waals surface area contributed by atoms with Crippen LogP contribution in [0.5, 0.6) is 0 Å². The van der Waals surface area contributed by atoms with Gasteiger partial charge in [-0.05, 0) is 18.1 Å². The first-order valence-electron chi connectivity index (χ1n) is 4.58. The Morgan fingerprint density at radius 2 is 2.50 bits per heavy atom. The molecule has 0 fully saturated rings. The minimum atomic E-state index is 0.00235. The predicted molar refractivity (Wildman–Crippen MR) is 52.4 cm³/mol. The van der Waals surface area contributed by atoms with Crippen LogP contribution >= 0.6 is 0 Å². The van der Waals surface area contributed by atoms with Crippen molar-refractivity contribution in [2.24, 2.45) is 0 Å². The second-order valence-corrected chi connectivity index (χ2v) is 3.01. The maximum Gasteiger partial charge on any atom is 0.224 e. The van der Waals surface area contributed by atoms with E-state index < -0.39 is 0 Å². The molecule has 14 heavy (non-hydrogen) atoms. The Morgan fingerprint density at radius 3 is 3.14 bits per heavy atom. The van der Waals surface area contributed by atoms with Crippen molar-refractivity contribution in [2.75, 3.05) is 6.54 Å². The SMILES string of the molecule is N#CCCCNC(=O)Cc1cc[nH]c1. The number of carbonyl (C=O) groups excluding carboxylic acids is 1. The molecule has 1 aromatic rings. The third-order valence-corrected chi connectivity index (χ3v) is 1.81. The van der Waals surface area contributed by atoms with Crippen LogP contribution in [0.25, 0.3) is 0 Å². The van der Waals surface area contributed by atoms with Crippen LogP contribution in [0.1, 0.15) is 18.4 Å². The Hall–Kier alpha value is -1.76. The highest BCUT2D eigenvalue weighted by molar-refractivity contribution is 5.78. The van der Waals surface area contributed by atoms with Crippen LogP contribution in [0.3, 0.4) is 0 Å². The molecule has 0 aliphatic heterocycles. The van der Waals surface area contributed by atoms with Crippen molar-refractivity contribution in [1.29, 1.82) is 5.26 Å². The fourth-order valence-corrected chi connectivity index (χ4v) is 1.11. The Morgan fingerprint density at radius 1 is 1.64 bits per heavy atom. The molecular formula is C10H13N3O. The Bertz CT molecular complexity index is 311. The smallest absolute Gasteiger partial charge is 0.224 e. The van der Waals surface area contributed by atoms with Gasteiger partial charge in [0.25, 0.3) is 0 Å². The summed E-state index contributed by atoms with van der Waals surface area (Å²) in [6.07, 6.45) is 5.20. The van der Waals surface area contributed by atoms with Crippen LogP contribution in [0.2, 0.25) is 0 Å². The Kier molecular flexibility index (Phi) is 4.29. The number of aromatic amines is 1. The van der Waals surface area contributed by atoms with Crippen molar-refractivity contribution in [3.8, 4) is 6.07 Å². The largest absolute Gasteiger partial charge is 0.367 e. The lowest BCUT2D eigenvalue weighted by molar-refractivity contribution is -0.120. The summed E-state index contributed by atoms with van der Waals surface area (Å²) < 4.78 is 0. The molecule has 2 N–H and O–H groups in total. The number of H-pyrrole nitrogens is 1. The summed E-state index contributed by atoms with van der Waals surface area (Å²) in [5.41, 5.74) is 0.975. The van der Waals surface area contributed by atoms with E-state index in [2.05, 4.69) is 10.3 Å². The van der Waals surface area contributed by atoms with Crippen molar-refractivity contribution < 1.29 is 4.79 Å². The molecule has 1 aromatic heterocycles. The minimum Gasteiger partial charge on any atom is -0.367 e. The molecule has 0 saturated heterocycles. The van der Waals surface area contributed by atoms with E-state index in [1.165, 1.54) is 0 Å². The quantitative estimate of drug-likeness (QED) is 0.681. The molecule has 0 saturated carbocycles. The number of nitriles is 1. The summed E-state index contributed by atoms with van der Waals surface area (Å²) in [5, 5.41) is 11.0. The number of rotatable bonds is 5. The van der Waals surface area contributed by atoms with Gasteiger partial charge >= 0.3 is 0 Å². The van der Waals surface area contributed by atoms with Gasteiger partial charge in [-0.2, -0.15) is 5.26 Å². The third-order valence-electron chi connectivity index (χ3n) is 1.81. The van der Waals surface area contributed by atoms with Crippen molar-refractivity contribution in [3.05, 3.63) is 24.0 Å². The number of amides is 1. The van der Waals surface area contributed by atoms with Gasteiger partial charge in [-0.1, -0.05) is 0 Å². The van der Waals surface area contributed by atoms with Gasteiger partial charge in [0, 0.05) is 25.4 Å². The topological polar surface area (TPSA) is 68.7 Å². The summed E-state index contributed by atoms with van der Waals surface area (Å²) >= 11 is 0. The van der Waals surface area contributed by atoms with E-state index in [4.69, 9.17) is 5.26 Å². The van der Waals surface area contributed by atoms with E-state index in [1.54, 1.807) is 12.4 Å². The van der Waals surface area contributed by atoms with Gasteiger partial charge in [-0.15, -0.1) is 0 Å². The van der Waals surface area contributed by atoms with Crippen LogP contribution in [0.4, 0.5) is 0 Å². The van der Waals surface area contributed by atoms with Gasteiger partial charge in [0.15, 0.2) is 0 Å². The molecule has 4 heteroatoms. The summed E-state index contributed by atoms with van der Waals surface area (Å²) in [4.78, 5) is 14.2. The first kappa shape index (κ1) is 10.3. The molecule has 0 bridgehead atoms. The van der Waals surface area contributed by atoms with E-state index >= 15 is 0 Å². The summed E-state index contributed by atoms with van der Waals surface area (Å²) in [7, 11) is 0. The molecule has 0 radical (unpaired) electrons. The summed E-state index contributed by atoms with van der Waals surface area (Å²) in [6, 6.07) is 3.90. The van der Waals surface area contributed by atoms with E-state index in [-0.39, 0.29) is 5.91 Å². The first-order chi connectivity index (χ1) is 6.83. The molecule has 1 heterocycles. The molecule has 0 unspecified atom stereocenters. The second-order valence-electron chi connectivity index (χ2n) is 3.01. The van der Waals surface area contributed by atoms with Gasteiger partial charge in [0.05, 0.1) is 12.5 Å². The second kappa shape index (κ2) is 5.81. The molecule has 4 nitrogen and oxygen atoms in total. The summed E-state index contributed by atoms with van der Waals surface area (Å²) in [5.74, 6) is 0.00235. The van der Waals surface area contributed by atoms with Gasteiger partial charge in [-0.3, -0.25) is 4.79 Å². The zero-order valence-corrected chi connectivity index (χ0v) is 7.92. The van der Waals surface area contributed by atoms with Crippen LogP contribution in [-0.2, 0) is 11.2 Å². The lowest BCUT2D eigenvalue weighted by Crippen LogP contribution is -2.25. The predicted octanol–water partition coefficient (Wildman–Crippen LogP) is 0.977. The molecule has 0 spiro atoms. The van der Waals surface area contributed by atoms with Gasteiger partial charge in [-0.25, -0.2) is 0 Å². The standard InChI is InChI=1S/C10H13N3O/c11-4-1-2-5-13-10(14)7-9-3-6-12-8-9/h3,6,8,12H,1-2,5,7H2,(H,13,14). The molecule has 1 amide bonds. The van der Waals surface area contributed by atoms with E-state index in [0.717, 1.165) is 12.0 Å². The molecule has 0 aliphatic rings. The molecule has 0 atom stereocenters. The lowest BCUT2D eigenvalue weighted by atomic mass is 10.2. The molecule has 0 aliphatic carbocycles. The van der Waals surface area contributed by atoms with Crippen molar-refractivity contribution in [1.82, 2.24) is 10.3 Å². The fraction of sp³-hybridized carbons (Fsp3) is 0.400. The Balaban J connectivity index is 2.14. The van der Waals surface area contributed by atoms with E-state index in [1.807, 2.05) is 12.1 Å². The van der Waals surface area contributed by atoms with Gasteiger partial charge in [0.2, 0.25) is 5.91 Å². The molecule has 0 aromatic carbocycles. The number of hydrogen-bond acceptors (Lipinski definition) is 2. The number of hydrogen-bond donors (Lipinski definition) is 2. The maximum absolute atomic E-state index is 11.3. The van der Waals surface area contributed by atoms with Crippen LogP contribution in [0.15, 0.2) is 18.5 Å². The highest BCUT2D eigenvalue weighted by Gasteiger charge is 2.01. The average Bonchev–Trinajstić information content (AvgIpc) is 2.65. The zero-order valence-electron chi connectivity index (χ0n) is 7.92. The average molecular weight is 191 g/mol. The van der Waals surface area contributed by atoms with Crippen LogP contribution < -0.4 is 5.32 Å². The number of nitrogens with zero attached hydrogens (tertiary/aromatic N) is 1. The van der Waals surface area contributed by atoms with Crippen LogP contribution in [-0.4, -0.2) is 17.4 Å². The van der Waals surface area contributed by atoms with Crippen molar-refractivity contribution >= 4 is 5.91 Å². The minimum absolute atomic E-state index is 0.00235. The number of aromatic nitrogens is 1. The highest BCUT2D eigenvalue weighted by Crippen LogP contribution is 1.97. The van der Waals surface area contributed by atoms with Gasteiger partial charge in [0.1, 0.15) is 0 Å². The first-order valence-corrected chi connectivity index (χ1v) is 4.58. The third kappa shape index (κ3) is 3.76. The zero-order chi connectivity index (χ0) is 10.2. The monoisotopic (exact) mass is 191 g/mol. The number of unbranched alkanes of at least 4 members (excludes halogenated alkanes) is 1. The van der Waals surface area contributed by atoms with Gasteiger partial charge < -0.3 is 10.3 Å². The Labute approximate surface area is 82.9 Å². The van der Waals surface area contributed by atoms with Crippen molar-refractivity contribution in [2.45, 2.75) is 19.3 Å². The maximum atomic E-state index is 11.3. The van der Waals surface area contributed by atoms with Crippen LogP contribution in [0, 0.1) is 11.3 Å². The highest BCUT2D eigenvalue weighted by atomic mass is 16.1. The molecule has 74 valence electrons. The van der Waals surface area contributed by atoms with Crippen molar-refractivity contribution in [3.63, 3.8) is 0 Å². The fourth-order valence-electron chi connectivity index (χ4n) is 1.11. The van der Waals surface area contributed by atoms with E-state index in [0.29, 0.717) is 19.4 Å². The number of nitrogens with one attached hydrogen (secondary N) is 2. The molecular weight excluding hydrogens is 178 g/mol. The normalized spacial score (nSPS) is 9.36.